The van der Waals surface area contributed by atoms with Crippen LogP contribution in [0.3, 0.4) is 0 Å². The summed E-state index contributed by atoms with van der Waals surface area (Å²) in [7, 11) is -3.78. The van der Waals surface area contributed by atoms with Gasteiger partial charge in [-0.15, -0.1) is 0 Å². The van der Waals surface area contributed by atoms with Gasteiger partial charge in [0.1, 0.15) is 11.6 Å². The molecule has 0 radical (unpaired) electrons. The van der Waals surface area contributed by atoms with Gasteiger partial charge in [-0.1, -0.05) is 11.6 Å². The molecule has 0 spiro atoms. The average Bonchev–Trinajstić information content (AvgIpc) is 2.90. The smallest absolute Gasteiger partial charge is 0.279 e. The van der Waals surface area contributed by atoms with Gasteiger partial charge in [-0.2, -0.15) is 5.10 Å². The lowest BCUT2D eigenvalue weighted by atomic mass is 10.2. The van der Waals surface area contributed by atoms with Gasteiger partial charge in [-0.05, 0) is 37.5 Å². The molecule has 0 atom stereocenters. The Kier molecular flexibility index (Phi) is 5.26. The summed E-state index contributed by atoms with van der Waals surface area (Å²) in [6, 6.07) is 3.22. The second-order valence-electron chi connectivity index (χ2n) is 5.86. The van der Waals surface area contributed by atoms with Crippen molar-refractivity contribution in [1.29, 1.82) is 0 Å². The highest BCUT2D eigenvalue weighted by atomic mass is 35.5. The SMILES string of the molecule is O=c1n(CCCNS(=O)(=O)c2ccc(F)c(Cl)c2)nc2n1CCCC2. The van der Waals surface area contributed by atoms with Gasteiger partial charge < -0.3 is 0 Å². The minimum absolute atomic E-state index is 0.103. The predicted octanol–water partition coefficient (Wildman–Crippen LogP) is 1.54. The molecular formula is C15H18ClFN4O3S. The monoisotopic (exact) mass is 388 g/mol. The van der Waals surface area contributed by atoms with E-state index >= 15 is 0 Å². The van der Waals surface area contributed by atoms with Crippen molar-refractivity contribution in [2.75, 3.05) is 6.54 Å². The molecule has 1 aromatic heterocycles. The molecule has 0 fully saturated rings. The maximum Gasteiger partial charge on any atom is 0.345 e. The molecule has 0 saturated heterocycles. The van der Waals surface area contributed by atoms with Crippen LogP contribution in [0.1, 0.15) is 25.1 Å². The fourth-order valence-corrected chi connectivity index (χ4v) is 4.10. The quantitative estimate of drug-likeness (QED) is 0.760. The van der Waals surface area contributed by atoms with Gasteiger partial charge in [0.15, 0.2) is 0 Å². The molecule has 136 valence electrons. The van der Waals surface area contributed by atoms with Gasteiger partial charge in [0, 0.05) is 26.1 Å². The number of nitrogens with one attached hydrogen (secondary N) is 1. The van der Waals surface area contributed by atoms with E-state index in [1.165, 1.54) is 4.68 Å². The lowest BCUT2D eigenvalue weighted by molar-refractivity contribution is 0.508. The number of aryl methyl sites for hydroxylation is 2. The number of nitrogens with zero attached hydrogens (tertiary/aromatic N) is 3. The van der Waals surface area contributed by atoms with Crippen LogP contribution in [0, 0.1) is 5.82 Å². The van der Waals surface area contributed by atoms with Crippen LogP contribution < -0.4 is 10.4 Å². The molecule has 2 heterocycles. The Bertz CT molecular complexity index is 939. The predicted molar refractivity (Wildman–Crippen MR) is 90.6 cm³/mol. The molecular weight excluding hydrogens is 371 g/mol. The van der Waals surface area contributed by atoms with E-state index in [1.54, 1.807) is 4.57 Å². The van der Waals surface area contributed by atoms with E-state index in [9.17, 15) is 17.6 Å². The molecule has 25 heavy (non-hydrogen) atoms. The standard InChI is InChI=1S/C15H18ClFN4O3S/c16-12-10-11(5-6-13(12)17)25(23,24)18-7-3-9-21-15(22)20-8-2-1-4-14(20)19-21/h5-6,10,18H,1-4,7-9H2. The Morgan fingerprint density at radius 2 is 2.12 bits per heavy atom. The van der Waals surface area contributed by atoms with Crippen molar-refractivity contribution < 1.29 is 12.8 Å². The molecule has 3 rings (SSSR count). The molecule has 0 aliphatic carbocycles. The highest BCUT2D eigenvalue weighted by molar-refractivity contribution is 7.89. The number of sulfonamides is 1. The summed E-state index contributed by atoms with van der Waals surface area (Å²) in [4.78, 5) is 12.1. The van der Waals surface area contributed by atoms with Gasteiger partial charge in [-0.3, -0.25) is 4.57 Å². The van der Waals surface area contributed by atoms with Crippen LogP contribution in [-0.4, -0.2) is 29.3 Å². The number of hydrogen-bond acceptors (Lipinski definition) is 4. The summed E-state index contributed by atoms with van der Waals surface area (Å²) in [6.45, 7) is 1.14. The highest BCUT2D eigenvalue weighted by Crippen LogP contribution is 2.19. The number of fused-ring (bicyclic) bond motifs is 1. The van der Waals surface area contributed by atoms with Crippen LogP contribution >= 0.6 is 11.6 Å². The van der Waals surface area contributed by atoms with Crippen LogP contribution in [0.25, 0.3) is 0 Å². The number of benzene rings is 1. The Balaban J connectivity index is 1.58. The molecule has 1 aliphatic rings. The number of aromatic nitrogens is 3. The zero-order chi connectivity index (χ0) is 18.0. The van der Waals surface area contributed by atoms with Crippen LogP contribution in [-0.2, 0) is 29.5 Å². The lowest BCUT2D eigenvalue weighted by Crippen LogP contribution is -2.29. The van der Waals surface area contributed by atoms with Gasteiger partial charge in [0.2, 0.25) is 10.0 Å². The molecule has 0 amide bonds. The zero-order valence-corrected chi connectivity index (χ0v) is 15.0. The molecule has 0 saturated carbocycles. The van der Waals surface area contributed by atoms with Gasteiger partial charge in [-0.25, -0.2) is 27.0 Å². The fraction of sp³-hybridized carbons (Fsp3) is 0.467. The van der Waals surface area contributed by atoms with E-state index in [2.05, 4.69) is 9.82 Å². The molecule has 7 nitrogen and oxygen atoms in total. The van der Waals surface area contributed by atoms with Gasteiger partial charge in [0.25, 0.3) is 0 Å². The van der Waals surface area contributed by atoms with Gasteiger partial charge >= 0.3 is 5.69 Å². The molecule has 1 aromatic carbocycles. The lowest BCUT2D eigenvalue weighted by Gasteiger charge is -2.09. The molecule has 0 unspecified atom stereocenters. The Hall–Kier alpha value is -1.71. The van der Waals surface area contributed by atoms with Crippen LogP contribution in [0.4, 0.5) is 4.39 Å². The molecule has 0 bridgehead atoms. The van der Waals surface area contributed by atoms with Crippen molar-refractivity contribution in [2.45, 2.75) is 43.7 Å². The first kappa shape index (κ1) is 18.1. The minimum atomic E-state index is -3.78. The number of rotatable bonds is 6. The maximum absolute atomic E-state index is 13.1. The summed E-state index contributed by atoms with van der Waals surface area (Å²) in [5.74, 6) is 0.113. The summed E-state index contributed by atoms with van der Waals surface area (Å²) in [5, 5.41) is 4.04. The second kappa shape index (κ2) is 7.27. The third-order valence-corrected chi connectivity index (χ3v) is 5.82. The summed E-state index contributed by atoms with van der Waals surface area (Å²) >= 11 is 5.61. The normalized spacial score (nSPS) is 14.5. The van der Waals surface area contributed by atoms with E-state index in [0.717, 1.165) is 43.3 Å². The zero-order valence-electron chi connectivity index (χ0n) is 13.4. The van der Waals surface area contributed by atoms with Crippen molar-refractivity contribution in [1.82, 2.24) is 19.1 Å². The van der Waals surface area contributed by atoms with E-state index in [0.29, 0.717) is 19.5 Å². The Morgan fingerprint density at radius 1 is 1.32 bits per heavy atom. The van der Waals surface area contributed by atoms with Crippen LogP contribution in [0.2, 0.25) is 5.02 Å². The van der Waals surface area contributed by atoms with E-state index < -0.39 is 15.8 Å². The van der Waals surface area contributed by atoms with Gasteiger partial charge in [0.05, 0.1) is 9.92 Å². The van der Waals surface area contributed by atoms with E-state index in [1.807, 2.05) is 0 Å². The van der Waals surface area contributed by atoms with Crippen molar-refractivity contribution in [2.24, 2.45) is 0 Å². The third-order valence-electron chi connectivity index (χ3n) is 4.07. The molecule has 1 aliphatic heterocycles. The number of halogens is 2. The first-order chi connectivity index (χ1) is 11.9. The van der Waals surface area contributed by atoms with E-state index in [4.69, 9.17) is 11.6 Å². The van der Waals surface area contributed by atoms with Crippen molar-refractivity contribution in [3.05, 3.63) is 45.3 Å². The first-order valence-corrected chi connectivity index (χ1v) is 9.86. The van der Waals surface area contributed by atoms with Crippen molar-refractivity contribution >= 4 is 21.6 Å². The molecule has 1 N–H and O–H groups in total. The molecule has 10 heteroatoms. The largest absolute Gasteiger partial charge is 0.345 e. The topological polar surface area (TPSA) is 86.0 Å². The summed E-state index contributed by atoms with van der Waals surface area (Å²) in [5.41, 5.74) is -0.150. The Morgan fingerprint density at radius 3 is 2.84 bits per heavy atom. The van der Waals surface area contributed by atoms with E-state index in [-0.39, 0.29) is 22.2 Å². The second-order valence-corrected chi connectivity index (χ2v) is 8.03. The number of hydrogen-bond donors (Lipinski definition) is 1. The first-order valence-electron chi connectivity index (χ1n) is 8.00. The van der Waals surface area contributed by atoms with Crippen LogP contribution in [0.15, 0.2) is 27.9 Å². The van der Waals surface area contributed by atoms with Crippen molar-refractivity contribution in [3.63, 3.8) is 0 Å². The summed E-state index contributed by atoms with van der Waals surface area (Å²) in [6.07, 6.45) is 3.19. The Labute approximate surface area is 149 Å². The average molecular weight is 389 g/mol. The van der Waals surface area contributed by atoms with Crippen molar-refractivity contribution in [3.8, 4) is 0 Å². The van der Waals surface area contributed by atoms with Crippen LogP contribution in [0.5, 0.6) is 0 Å². The highest BCUT2D eigenvalue weighted by Gasteiger charge is 2.17. The molecule has 2 aromatic rings. The maximum atomic E-state index is 13.1. The summed E-state index contributed by atoms with van der Waals surface area (Å²) < 4.78 is 42.9. The minimum Gasteiger partial charge on any atom is -0.279 e. The fourth-order valence-electron chi connectivity index (χ4n) is 2.76. The third kappa shape index (κ3) is 3.94.